The highest BCUT2D eigenvalue weighted by atomic mass is 19.4. The van der Waals surface area contributed by atoms with Crippen molar-refractivity contribution in [2.75, 3.05) is 18.0 Å². The van der Waals surface area contributed by atoms with Gasteiger partial charge in [-0.05, 0) is 12.1 Å². The summed E-state index contributed by atoms with van der Waals surface area (Å²) in [5.74, 6) is -4.09. The zero-order valence-corrected chi connectivity index (χ0v) is 19.6. The zero-order chi connectivity index (χ0) is 29.0. The summed E-state index contributed by atoms with van der Waals surface area (Å²) in [6.45, 7) is -3.21. The van der Waals surface area contributed by atoms with Gasteiger partial charge in [0, 0.05) is 29.5 Å². The van der Waals surface area contributed by atoms with Crippen molar-refractivity contribution in [3.05, 3.63) is 63.3 Å². The van der Waals surface area contributed by atoms with E-state index < -0.39 is 78.1 Å². The molecule has 1 fully saturated rings. The van der Waals surface area contributed by atoms with Crippen LogP contribution >= 0.6 is 0 Å². The van der Waals surface area contributed by atoms with E-state index in [1.807, 2.05) is 4.98 Å². The van der Waals surface area contributed by atoms with Gasteiger partial charge in [-0.3, -0.25) is 14.5 Å². The third-order valence-corrected chi connectivity index (χ3v) is 5.91. The van der Waals surface area contributed by atoms with Gasteiger partial charge in [-0.25, -0.2) is 23.5 Å². The molecule has 2 N–H and O–H groups in total. The second-order valence-electron chi connectivity index (χ2n) is 8.83. The molecule has 1 aliphatic rings. The minimum absolute atomic E-state index is 0.0831. The molecule has 5 rings (SSSR count). The molecule has 0 bridgehead atoms. The minimum Gasteiger partial charge on any atom is -0.466 e. The van der Waals surface area contributed by atoms with E-state index in [-0.39, 0.29) is 16.6 Å². The van der Waals surface area contributed by atoms with Crippen molar-refractivity contribution in [1.29, 1.82) is 0 Å². The lowest BCUT2D eigenvalue weighted by atomic mass is 10.1. The number of nitrogens with one attached hydrogen (secondary N) is 2. The number of halogens is 8. The predicted molar refractivity (Wildman–Crippen MR) is 121 cm³/mol. The highest BCUT2D eigenvalue weighted by molar-refractivity contribution is 5.78. The molecule has 1 saturated heterocycles. The van der Waals surface area contributed by atoms with Crippen molar-refractivity contribution in [1.82, 2.24) is 29.7 Å². The summed E-state index contributed by atoms with van der Waals surface area (Å²) < 4.78 is 115. The number of hydrogen-bond donors (Lipinski definition) is 2. The van der Waals surface area contributed by atoms with Crippen LogP contribution < -0.4 is 20.9 Å². The van der Waals surface area contributed by atoms with Crippen molar-refractivity contribution in [2.24, 2.45) is 0 Å². The number of anilines is 1. The predicted octanol–water partition coefficient (Wildman–Crippen LogP) is 3.35. The summed E-state index contributed by atoms with van der Waals surface area (Å²) in [4.78, 5) is 35.5. The van der Waals surface area contributed by atoms with E-state index >= 15 is 0 Å². The number of ether oxygens (including phenoxy) is 1. The van der Waals surface area contributed by atoms with Crippen LogP contribution in [0.1, 0.15) is 5.69 Å². The maximum Gasteiger partial charge on any atom is 0.433 e. The molecule has 0 amide bonds. The van der Waals surface area contributed by atoms with Gasteiger partial charge < -0.3 is 14.6 Å². The largest absolute Gasteiger partial charge is 0.466 e. The lowest BCUT2D eigenvalue weighted by Crippen LogP contribution is -2.36. The lowest BCUT2D eigenvalue weighted by Gasteiger charge is -2.20. The summed E-state index contributed by atoms with van der Waals surface area (Å²) in [5, 5.41) is 3.80. The molecule has 0 radical (unpaired) electrons. The van der Waals surface area contributed by atoms with Gasteiger partial charge in [0.2, 0.25) is 5.88 Å². The SMILES string of the molecule is O=c1[nH]cc(-c2cc(N3CC(Oc4cc5c(cn4)cnn5CC(F)(F)F)C(F)(F)C3)cc(C(F)(F)F)n2)c(=O)[nH]1. The Labute approximate surface area is 216 Å². The highest BCUT2D eigenvalue weighted by Gasteiger charge is 2.51. The van der Waals surface area contributed by atoms with Gasteiger partial charge in [0.05, 0.1) is 36.1 Å². The highest BCUT2D eigenvalue weighted by Crippen LogP contribution is 2.38. The van der Waals surface area contributed by atoms with Crippen LogP contribution in [0.15, 0.2) is 46.4 Å². The lowest BCUT2D eigenvalue weighted by molar-refractivity contribution is -0.142. The molecule has 212 valence electrons. The molecule has 4 aromatic heterocycles. The van der Waals surface area contributed by atoms with E-state index in [4.69, 9.17) is 4.74 Å². The fraction of sp³-hybridized carbons (Fsp3) is 0.318. The molecule has 4 aromatic rings. The van der Waals surface area contributed by atoms with Gasteiger partial charge in [-0.2, -0.15) is 31.4 Å². The molecular weight excluding hydrogens is 562 g/mol. The number of pyridine rings is 2. The first-order valence-corrected chi connectivity index (χ1v) is 11.2. The number of hydrogen-bond acceptors (Lipinski definition) is 7. The summed E-state index contributed by atoms with van der Waals surface area (Å²) in [7, 11) is 0. The van der Waals surface area contributed by atoms with Gasteiger partial charge >= 0.3 is 24.0 Å². The first-order valence-electron chi connectivity index (χ1n) is 11.2. The molecule has 40 heavy (non-hydrogen) atoms. The summed E-state index contributed by atoms with van der Waals surface area (Å²) in [6.07, 6.45) is -8.56. The molecule has 0 aromatic carbocycles. The average molecular weight is 577 g/mol. The number of aromatic amines is 2. The Morgan fingerprint density at radius 3 is 2.50 bits per heavy atom. The van der Waals surface area contributed by atoms with E-state index in [1.165, 1.54) is 0 Å². The number of H-pyrrole nitrogens is 2. The van der Waals surface area contributed by atoms with Crippen molar-refractivity contribution >= 4 is 16.6 Å². The molecule has 0 saturated carbocycles. The minimum atomic E-state index is -5.02. The number of nitrogens with zero attached hydrogens (tertiary/aromatic N) is 5. The number of aromatic nitrogens is 6. The molecular formula is C22H15F8N7O3. The Kier molecular flexibility index (Phi) is 6.30. The second-order valence-corrected chi connectivity index (χ2v) is 8.83. The monoisotopic (exact) mass is 577 g/mol. The van der Waals surface area contributed by atoms with Gasteiger partial charge in [-0.1, -0.05) is 0 Å². The molecule has 0 spiro atoms. The summed E-state index contributed by atoms with van der Waals surface area (Å²) >= 11 is 0. The number of rotatable bonds is 5. The van der Waals surface area contributed by atoms with E-state index in [0.717, 1.165) is 35.6 Å². The van der Waals surface area contributed by atoms with E-state index in [2.05, 4.69) is 20.1 Å². The molecule has 18 heteroatoms. The Bertz CT molecular complexity index is 1690. The van der Waals surface area contributed by atoms with Gasteiger partial charge in [0.15, 0.2) is 6.10 Å². The van der Waals surface area contributed by atoms with Crippen LogP contribution in [-0.2, 0) is 12.7 Å². The standard InChI is InChI=1S/C22H15F8N7O3/c23-20(24)8-36(7-16(20)40-17-3-14-10(4-31-17)5-33-37(14)9-21(25,26)27)11-1-13(34-15(2-11)22(28,29)30)12-6-32-19(39)35-18(12)38/h1-6,16H,7-9H2,(H2,32,35,38,39). The van der Waals surface area contributed by atoms with Gasteiger partial charge in [0.1, 0.15) is 12.2 Å². The topological polar surface area (TPSA) is 122 Å². The fourth-order valence-corrected chi connectivity index (χ4v) is 4.12. The van der Waals surface area contributed by atoms with Gasteiger partial charge in [-0.15, -0.1) is 0 Å². The third kappa shape index (κ3) is 5.46. The van der Waals surface area contributed by atoms with Crippen LogP contribution in [0.4, 0.5) is 40.8 Å². The van der Waals surface area contributed by atoms with Crippen LogP contribution in [0, 0.1) is 0 Å². The van der Waals surface area contributed by atoms with Crippen molar-refractivity contribution < 1.29 is 39.9 Å². The van der Waals surface area contributed by atoms with Crippen LogP contribution in [0.3, 0.4) is 0 Å². The zero-order valence-electron chi connectivity index (χ0n) is 19.6. The second kappa shape index (κ2) is 9.30. The van der Waals surface area contributed by atoms with Crippen LogP contribution in [0.25, 0.3) is 22.2 Å². The van der Waals surface area contributed by atoms with Gasteiger partial charge in [0.25, 0.3) is 5.56 Å². The molecule has 1 aliphatic heterocycles. The summed E-state index contributed by atoms with van der Waals surface area (Å²) in [6, 6.07) is 2.49. The van der Waals surface area contributed by atoms with Crippen LogP contribution in [0.2, 0.25) is 0 Å². The normalized spacial score (nSPS) is 17.5. The Balaban J connectivity index is 1.46. The summed E-state index contributed by atoms with van der Waals surface area (Å²) in [5.41, 5.74) is -4.91. The number of alkyl halides is 8. The third-order valence-electron chi connectivity index (χ3n) is 5.91. The Hall–Kier alpha value is -4.51. The average Bonchev–Trinajstić information content (AvgIpc) is 3.36. The molecule has 5 heterocycles. The molecule has 1 unspecified atom stereocenters. The smallest absolute Gasteiger partial charge is 0.433 e. The van der Waals surface area contributed by atoms with Crippen molar-refractivity contribution in [3.8, 4) is 17.1 Å². The quantitative estimate of drug-likeness (QED) is 0.349. The molecule has 1 atom stereocenters. The van der Waals surface area contributed by atoms with Crippen LogP contribution in [-0.4, -0.2) is 61.0 Å². The van der Waals surface area contributed by atoms with Crippen LogP contribution in [0.5, 0.6) is 5.88 Å². The molecule has 0 aliphatic carbocycles. The van der Waals surface area contributed by atoms with E-state index in [9.17, 15) is 44.7 Å². The Morgan fingerprint density at radius 1 is 1.07 bits per heavy atom. The van der Waals surface area contributed by atoms with E-state index in [0.29, 0.717) is 10.7 Å². The Morgan fingerprint density at radius 2 is 1.82 bits per heavy atom. The molecule has 10 nitrogen and oxygen atoms in total. The first kappa shape index (κ1) is 27.1. The fourth-order valence-electron chi connectivity index (χ4n) is 4.12. The number of fused-ring (bicyclic) bond motifs is 1. The van der Waals surface area contributed by atoms with Crippen molar-refractivity contribution in [2.45, 2.75) is 30.9 Å². The first-order chi connectivity index (χ1) is 18.6. The van der Waals surface area contributed by atoms with Crippen molar-refractivity contribution in [3.63, 3.8) is 0 Å². The maximum atomic E-state index is 15.0. The van der Waals surface area contributed by atoms with E-state index in [1.54, 1.807) is 0 Å². The maximum absolute atomic E-state index is 15.0.